The molecule has 0 bridgehead atoms. The number of hydrogen-bond donors (Lipinski definition) is 1. The molecule has 0 spiro atoms. The van der Waals surface area contributed by atoms with Gasteiger partial charge < -0.3 is 10.2 Å². The van der Waals surface area contributed by atoms with E-state index in [-0.39, 0.29) is 6.04 Å². The van der Waals surface area contributed by atoms with E-state index in [4.69, 9.17) is 0 Å². The highest BCUT2D eigenvalue weighted by Crippen LogP contribution is 2.28. The molecule has 0 unspecified atom stereocenters. The van der Waals surface area contributed by atoms with Crippen LogP contribution in [0.3, 0.4) is 0 Å². The zero-order valence-corrected chi connectivity index (χ0v) is 13.8. The number of nitrogens with one attached hydrogen (secondary N) is 1. The second kappa shape index (κ2) is 6.64. The SMILES string of the molecule is c1ccc([C@H](CN2CCCC2)Nc2ncnc3sccc23)cc1. The highest BCUT2D eigenvalue weighted by Gasteiger charge is 2.20. The van der Waals surface area contributed by atoms with Gasteiger partial charge >= 0.3 is 0 Å². The van der Waals surface area contributed by atoms with Gasteiger partial charge in [0.2, 0.25) is 0 Å². The maximum atomic E-state index is 4.48. The van der Waals surface area contributed by atoms with Gasteiger partial charge in [-0.2, -0.15) is 0 Å². The van der Waals surface area contributed by atoms with Crippen molar-refractivity contribution in [3.8, 4) is 0 Å². The van der Waals surface area contributed by atoms with Crippen LogP contribution in [0.1, 0.15) is 24.4 Å². The van der Waals surface area contributed by atoms with Crippen molar-refractivity contribution in [2.75, 3.05) is 25.0 Å². The van der Waals surface area contributed by atoms with Gasteiger partial charge in [0.25, 0.3) is 0 Å². The number of rotatable bonds is 5. The third-order valence-corrected chi connectivity index (χ3v) is 5.23. The maximum Gasteiger partial charge on any atom is 0.138 e. The monoisotopic (exact) mass is 324 g/mol. The minimum Gasteiger partial charge on any atom is -0.361 e. The van der Waals surface area contributed by atoms with Crippen molar-refractivity contribution in [3.05, 3.63) is 53.7 Å². The molecule has 0 aliphatic carbocycles. The third-order valence-electron chi connectivity index (χ3n) is 4.41. The molecule has 4 nitrogen and oxygen atoms in total. The van der Waals surface area contributed by atoms with Gasteiger partial charge in [0.15, 0.2) is 0 Å². The Morgan fingerprint density at radius 1 is 1.09 bits per heavy atom. The summed E-state index contributed by atoms with van der Waals surface area (Å²) in [5, 5.41) is 6.85. The number of thiophene rings is 1. The first-order chi connectivity index (χ1) is 11.4. The van der Waals surface area contributed by atoms with Crippen molar-refractivity contribution in [3.63, 3.8) is 0 Å². The number of nitrogens with zero attached hydrogens (tertiary/aromatic N) is 3. The van der Waals surface area contributed by atoms with E-state index in [9.17, 15) is 0 Å². The van der Waals surface area contributed by atoms with Crippen LogP contribution in [-0.4, -0.2) is 34.5 Å². The highest BCUT2D eigenvalue weighted by molar-refractivity contribution is 7.16. The molecule has 0 radical (unpaired) electrons. The van der Waals surface area contributed by atoms with Crippen LogP contribution in [0, 0.1) is 0 Å². The molecule has 1 N–H and O–H groups in total. The van der Waals surface area contributed by atoms with Crippen LogP contribution in [0.15, 0.2) is 48.1 Å². The molecule has 3 heterocycles. The Morgan fingerprint density at radius 2 is 1.91 bits per heavy atom. The summed E-state index contributed by atoms with van der Waals surface area (Å²) in [7, 11) is 0. The Hall–Kier alpha value is -1.98. The van der Waals surface area contributed by atoms with Crippen molar-refractivity contribution in [2.45, 2.75) is 18.9 Å². The largest absolute Gasteiger partial charge is 0.361 e. The molecule has 0 saturated carbocycles. The Bertz CT molecular complexity index is 765. The Labute approximate surface area is 140 Å². The molecule has 1 fully saturated rings. The van der Waals surface area contributed by atoms with Crippen LogP contribution in [0.5, 0.6) is 0 Å². The summed E-state index contributed by atoms with van der Waals surface area (Å²) >= 11 is 1.66. The average molecular weight is 324 g/mol. The molecule has 2 aromatic heterocycles. The van der Waals surface area contributed by atoms with Crippen molar-refractivity contribution in [1.82, 2.24) is 14.9 Å². The van der Waals surface area contributed by atoms with Crippen molar-refractivity contribution in [2.24, 2.45) is 0 Å². The van der Waals surface area contributed by atoms with E-state index in [0.717, 1.165) is 22.6 Å². The fourth-order valence-electron chi connectivity index (χ4n) is 3.21. The van der Waals surface area contributed by atoms with Crippen LogP contribution in [-0.2, 0) is 0 Å². The van der Waals surface area contributed by atoms with Gasteiger partial charge in [-0.05, 0) is 42.9 Å². The second-order valence-corrected chi connectivity index (χ2v) is 6.87. The Balaban J connectivity index is 1.63. The van der Waals surface area contributed by atoms with E-state index < -0.39 is 0 Å². The summed E-state index contributed by atoms with van der Waals surface area (Å²) in [6.07, 6.45) is 4.27. The molecular weight excluding hydrogens is 304 g/mol. The average Bonchev–Trinajstić information content (AvgIpc) is 3.27. The molecule has 1 atom stereocenters. The van der Waals surface area contributed by atoms with Gasteiger partial charge in [-0.25, -0.2) is 9.97 Å². The van der Waals surface area contributed by atoms with E-state index >= 15 is 0 Å². The minimum atomic E-state index is 0.243. The number of aromatic nitrogens is 2. The molecule has 118 valence electrons. The summed E-state index contributed by atoms with van der Waals surface area (Å²) in [6.45, 7) is 3.41. The van der Waals surface area contributed by atoms with Crippen LogP contribution < -0.4 is 5.32 Å². The summed E-state index contributed by atoms with van der Waals surface area (Å²) in [5.74, 6) is 0.935. The molecule has 23 heavy (non-hydrogen) atoms. The van der Waals surface area contributed by atoms with E-state index in [1.807, 2.05) is 0 Å². The molecule has 0 amide bonds. The summed E-state index contributed by atoms with van der Waals surface area (Å²) in [5.41, 5.74) is 1.31. The standard InChI is InChI=1S/C18H20N4S/c1-2-6-14(7-3-1)16(12-22-9-4-5-10-22)21-17-15-8-11-23-18(15)20-13-19-17/h1-3,6-8,11,13,16H,4-5,9-10,12H2,(H,19,20,21)/t16-/m0/s1. The van der Waals surface area contributed by atoms with Gasteiger partial charge in [-0.1, -0.05) is 30.3 Å². The lowest BCUT2D eigenvalue weighted by atomic mass is 10.1. The van der Waals surface area contributed by atoms with Crippen molar-refractivity contribution < 1.29 is 0 Å². The second-order valence-electron chi connectivity index (χ2n) is 5.98. The molecule has 5 heteroatoms. The predicted molar refractivity (Wildman–Crippen MR) is 95.9 cm³/mol. The first kappa shape index (κ1) is 14.6. The number of hydrogen-bond acceptors (Lipinski definition) is 5. The first-order valence-electron chi connectivity index (χ1n) is 8.12. The van der Waals surface area contributed by atoms with Crippen molar-refractivity contribution in [1.29, 1.82) is 0 Å². The zero-order chi connectivity index (χ0) is 15.5. The lowest BCUT2D eigenvalue weighted by Crippen LogP contribution is -2.29. The first-order valence-corrected chi connectivity index (χ1v) is 9.00. The van der Waals surface area contributed by atoms with Gasteiger partial charge in [0, 0.05) is 6.54 Å². The predicted octanol–water partition coefficient (Wildman–Crippen LogP) is 3.94. The molecule has 4 rings (SSSR count). The highest BCUT2D eigenvalue weighted by atomic mass is 32.1. The summed E-state index contributed by atoms with van der Waals surface area (Å²) in [6, 6.07) is 13.0. The molecular formula is C18H20N4S. The van der Waals surface area contributed by atoms with E-state index in [1.54, 1.807) is 17.7 Å². The van der Waals surface area contributed by atoms with Crippen LogP contribution in [0.25, 0.3) is 10.2 Å². The van der Waals surface area contributed by atoms with Crippen LogP contribution in [0.2, 0.25) is 0 Å². The Kier molecular flexibility index (Phi) is 4.22. The lowest BCUT2D eigenvalue weighted by Gasteiger charge is -2.25. The lowest BCUT2D eigenvalue weighted by molar-refractivity contribution is 0.323. The molecule has 1 saturated heterocycles. The smallest absolute Gasteiger partial charge is 0.138 e. The molecule has 1 aromatic carbocycles. The number of anilines is 1. The van der Waals surface area contributed by atoms with E-state index in [1.165, 1.54) is 31.5 Å². The molecule has 1 aliphatic heterocycles. The van der Waals surface area contributed by atoms with Gasteiger partial charge in [0.05, 0.1) is 11.4 Å². The van der Waals surface area contributed by atoms with Gasteiger partial charge in [-0.3, -0.25) is 0 Å². The Morgan fingerprint density at radius 3 is 2.74 bits per heavy atom. The number of benzene rings is 1. The zero-order valence-electron chi connectivity index (χ0n) is 13.0. The number of likely N-dealkylation sites (tertiary alicyclic amines) is 1. The molecule has 1 aliphatic rings. The van der Waals surface area contributed by atoms with Gasteiger partial charge in [-0.15, -0.1) is 11.3 Å². The summed E-state index contributed by atoms with van der Waals surface area (Å²) in [4.78, 5) is 12.4. The van der Waals surface area contributed by atoms with Gasteiger partial charge in [0.1, 0.15) is 17.0 Å². The fourth-order valence-corrected chi connectivity index (χ4v) is 3.95. The maximum absolute atomic E-state index is 4.48. The quantitative estimate of drug-likeness (QED) is 0.772. The fraction of sp³-hybridized carbons (Fsp3) is 0.333. The van der Waals surface area contributed by atoms with Crippen LogP contribution >= 0.6 is 11.3 Å². The van der Waals surface area contributed by atoms with E-state index in [0.29, 0.717) is 0 Å². The van der Waals surface area contributed by atoms with Crippen molar-refractivity contribution >= 4 is 27.4 Å². The van der Waals surface area contributed by atoms with Crippen LogP contribution in [0.4, 0.5) is 5.82 Å². The third kappa shape index (κ3) is 3.21. The normalized spacial score (nSPS) is 16.7. The topological polar surface area (TPSA) is 41.0 Å². The number of fused-ring (bicyclic) bond motifs is 1. The summed E-state index contributed by atoms with van der Waals surface area (Å²) < 4.78 is 0. The molecule has 3 aromatic rings. The minimum absolute atomic E-state index is 0.243. The van der Waals surface area contributed by atoms with E-state index in [2.05, 4.69) is 62.0 Å².